The van der Waals surface area contributed by atoms with Crippen molar-refractivity contribution in [3.63, 3.8) is 0 Å². The van der Waals surface area contributed by atoms with Crippen molar-refractivity contribution in [1.29, 1.82) is 0 Å². The van der Waals surface area contributed by atoms with E-state index in [0.29, 0.717) is 12.3 Å². The maximum Gasteiger partial charge on any atom is 0.248 e. The number of anilines is 1. The minimum Gasteiger partial charge on any atom is -0.497 e. The second-order valence-corrected chi connectivity index (χ2v) is 6.11. The van der Waals surface area contributed by atoms with E-state index in [1.807, 2.05) is 26.0 Å². The number of nitrogens with one attached hydrogen (secondary N) is 1. The van der Waals surface area contributed by atoms with Gasteiger partial charge >= 0.3 is 0 Å². The number of benzene rings is 2. The molecule has 3 rings (SSSR count). The summed E-state index contributed by atoms with van der Waals surface area (Å²) in [4.78, 5) is 12.2. The number of fused-ring (bicyclic) bond motifs is 1. The lowest BCUT2D eigenvalue weighted by Gasteiger charge is -2.10. The molecule has 0 saturated heterocycles. The quantitative estimate of drug-likeness (QED) is 0.796. The van der Waals surface area contributed by atoms with Crippen molar-refractivity contribution in [3.05, 3.63) is 53.6 Å². The average Bonchev–Trinajstić information content (AvgIpc) is 2.99. The number of ether oxygens (including phenoxy) is 3. The summed E-state index contributed by atoms with van der Waals surface area (Å²) in [7, 11) is 1.60. The maximum atomic E-state index is 12.2. The zero-order valence-electron chi connectivity index (χ0n) is 15.2. The molecule has 1 aliphatic rings. The zero-order valence-corrected chi connectivity index (χ0v) is 15.2. The van der Waals surface area contributed by atoms with Gasteiger partial charge in [0.15, 0.2) is 0 Å². The largest absolute Gasteiger partial charge is 0.497 e. The molecule has 26 heavy (non-hydrogen) atoms. The lowest BCUT2D eigenvalue weighted by molar-refractivity contribution is -0.111. The molecule has 2 aromatic rings. The molecule has 1 atom stereocenters. The second kappa shape index (κ2) is 7.95. The van der Waals surface area contributed by atoms with Gasteiger partial charge in [-0.25, -0.2) is 0 Å². The van der Waals surface area contributed by atoms with Gasteiger partial charge in [-0.15, -0.1) is 0 Å². The van der Waals surface area contributed by atoms with Crippen LogP contribution in [-0.4, -0.2) is 25.7 Å². The number of hydrogen-bond acceptors (Lipinski definition) is 4. The maximum absolute atomic E-state index is 12.2. The van der Waals surface area contributed by atoms with Gasteiger partial charge in [0.05, 0.1) is 13.7 Å². The Morgan fingerprint density at radius 3 is 2.77 bits per heavy atom. The minimum atomic E-state index is -0.215. The highest BCUT2D eigenvalue weighted by atomic mass is 16.5. The fourth-order valence-corrected chi connectivity index (χ4v) is 2.89. The summed E-state index contributed by atoms with van der Waals surface area (Å²) in [5, 5.41) is 2.82. The van der Waals surface area contributed by atoms with Crippen molar-refractivity contribution in [1.82, 2.24) is 0 Å². The predicted molar refractivity (Wildman–Crippen MR) is 102 cm³/mol. The first kappa shape index (κ1) is 17.9. The summed E-state index contributed by atoms with van der Waals surface area (Å²) in [6.45, 7) is 4.54. The Hall–Kier alpha value is -2.95. The highest BCUT2D eigenvalue weighted by Crippen LogP contribution is 2.35. The van der Waals surface area contributed by atoms with Crippen LogP contribution in [0.1, 0.15) is 25.0 Å². The van der Waals surface area contributed by atoms with Gasteiger partial charge in [-0.05, 0) is 56.3 Å². The van der Waals surface area contributed by atoms with Crippen molar-refractivity contribution >= 4 is 17.7 Å². The third kappa shape index (κ3) is 4.17. The molecule has 0 saturated carbocycles. The van der Waals surface area contributed by atoms with E-state index in [0.717, 1.165) is 34.8 Å². The van der Waals surface area contributed by atoms with Crippen LogP contribution in [0, 0.1) is 0 Å². The van der Waals surface area contributed by atoms with Crippen molar-refractivity contribution in [2.45, 2.75) is 26.4 Å². The van der Waals surface area contributed by atoms with E-state index in [1.54, 1.807) is 37.5 Å². The standard InChI is InChI=1S/C21H23NO4/c1-4-25-19-13-16-11-14(2)26-20(16)12-15(19)5-10-21(23)22-17-6-8-18(24-3)9-7-17/h5-10,12-14H,4,11H2,1-3H3,(H,22,23)/b10-5+/t14-/m0/s1. The predicted octanol–water partition coefficient (Wildman–Crippen LogP) is 4.07. The van der Waals surface area contributed by atoms with Crippen molar-refractivity contribution < 1.29 is 19.0 Å². The molecule has 0 aromatic heterocycles. The fourth-order valence-electron chi connectivity index (χ4n) is 2.89. The fraction of sp³-hybridized carbons (Fsp3) is 0.286. The van der Waals surface area contributed by atoms with Gasteiger partial charge < -0.3 is 19.5 Å². The van der Waals surface area contributed by atoms with E-state index in [-0.39, 0.29) is 12.0 Å². The smallest absolute Gasteiger partial charge is 0.248 e. The monoisotopic (exact) mass is 353 g/mol. The van der Waals surface area contributed by atoms with Gasteiger partial charge in [0.1, 0.15) is 23.4 Å². The summed E-state index contributed by atoms with van der Waals surface area (Å²) in [5.74, 6) is 2.15. The first-order valence-electron chi connectivity index (χ1n) is 8.68. The molecule has 0 fully saturated rings. The SMILES string of the molecule is CCOc1cc2c(cc1/C=C/C(=O)Nc1ccc(OC)cc1)O[C@@H](C)C2. The highest BCUT2D eigenvalue weighted by molar-refractivity contribution is 6.02. The molecule has 1 heterocycles. The molecule has 0 spiro atoms. The van der Waals surface area contributed by atoms with Crippen molar-refractivity contribution in [2.24, 2.45) is 0 Å². The Bertz CT molecular complexity index is 812. The molecule has 0 radical (unpaired) electrons. The number of amides is 1. The zero-order chi connectivity index (χ0) is 18.5. The Labute approximate surface area is 153 Å². The number of hydrogen-bond donors (Lipinski definition) is 1. The number of carbonyl (C=O) groups excluding carboxylic acids is 1. The van der Waals surface area contributed by atoms with E-state index in [4.69, 9.17) is 14.2 Å². The molecule has 1 aliphatic heterocycles. The van der Waals surface area contributed by atoms with Gasteiger partial charge in [-0.3, -0.25) is 4.79 Å². The van der Waals surface area contributed by atoms with Crippen LogP contribution in [0.3, 0.4) is 0 Å². The molecule has 136 valence electrons. The van der Waals surface area contributed by atoms with Crippen LogP contribution in [0.15, 0.2) is 42.5 Å². The first-order chi connectivity index (χ1) is 12.6. The minimum absolute atomic E-state index is 0.164. The highest BCUT2D eigenvalue weighted by Gasteiger charge is 2.21. The molecule has 0 bridgehead atoms. The summed E-state index contributed by atoms with van der Waals surface area (Å²) < 4.78 is 16.6. The van der Waals surface area contributed by atoms with Crippen LogP contribution < -0.4 is 19.5 Å². The summed E-state index contributed by atoms with van der Waals surface area (Å²) in [6, 6.07) is 11.1. The molecule has 5 nitrogen and oxygen atoms in total. The van der Waals surface area contributed by atoms with Crippen LogP contribution >= 0.6 is 0 Å². The van der Waals surface area contributed by atoms with E-state index in [1.165, 1.54) is 6.08 Å². The van der Waals surface area contributed by atoms with Gasteiger partial charge in [0, 0.05) is 29.3 Å². The van der Waals surface area contributed by atoms with Gasteiger partial charge in [0.2, 0.25) is 5.91 Å². The van der Waals surface area contributed by atoms with Gasteiger partial charge in [-0.1, -0.05) is 0 Å². The Morgan fingerprint density at radius 1 is 1.31 bits per heavy atom. The van der Waals surface area contributed by atoms with Crippen LogP contribution in [0.2, 0.25) is 0 Å². The van der Waals surface area contributed by atoms with Crippen molar-refractivity contribution in [3.8, 4) is 17.2 Å². The van der Waals surface area contributed by atoms with E-state index in [9.17, 15) is 4.79 Å². The summed E-state index contributed by atoms with van der Waals surface area (Å²) in [5.41, 5.74) is 2.67. The second-order valence-electron chi connectivity index (χ2n) is 6.11. The molecule has 0 aliphatic carbocycles. The average molecular weight is 353 g/mol. The van der Waals surface area contributed by atoms with Gasteiger partial charge in [0.25, 0.3) is 0 Å². The van der Waals surface area contributed by atoms with Crippen LogP contribution in [-0.2, 0) is 11.2 Å². The van der Waals surface area contributed by atoms with Gasteiger partial charge in [-0.2, -0.15) is 0 Å². The van der Waals surface area contributed by atoms with E-state index < -0.39 is 0 Å². The van der Waals surface area contributed by atoms with Crippen LogP contribution in [0.5, 0.6) is 17.2 Å². The Kier molecular flexibility index (Phi) is 5.46. The topological polar surface area (TPSA) is 56.8 Å². The molecule has 1 N–H and O–H groups in total. The summed E-state index contributed by atoms with van der Waals surface area (Å²) >= 11 is 0. The Balaban J connectivity index is 1.74. The van der Waals surface area contributed by atoms with Crippen LogP contribution in [0.4, 0.5) is 5.69 Å². The van der Waals surface area contributed by atoms with E-state index >= 15 is 0 Å². The first-order valence-corrected chi connectivity index (χ1v) is 8.68. The van der Waals surface area contributed by atoms with E-state index in [2.05, 4.69) is 5.32 Å². The number of rotatable bonds is 6. The third-order valence-electron chi connectivity index (χ3n) is 4.10. The summed E-state index contributed by atoms with van der Waals surface area (Å²) in [6.07, 6.45) is 4.28. The lowest BCUT2D eigenvalue weighted by Crippen LogP contribution is -2.07. The molecular weight excluding hydrogens is 330 g/mol. The lowest BCUT2D eigenvalue weighted by atomic mass is 10.1. The molecule has 2 aromatic carbocycles. The third-order valence-corrected chi connectivity index (χ3v) is 4.10. The van der Waals surface area contributed by atoms with Crippen LogP contribution in [0.25, 0.3) is 6.08 Å². The Morgan fingerprint density at radius 2 is 2.08 bits per heavy atom. The normalized spacial score (nSPS) is 15.4. The molecular formula is C21H23NO4. The van der Waals surface area contributed by atoms with Crippen molar-refractivity contribution in [2.75, 3.05) is 19.0 Å². The molecule has 0 unspecified atom stereocenters. The number of carbonyl (C=O) groups is 1. The number of methoxy groups -OCH3 is 1. The molecule has 1 amide bonds. The molecule has 5 heteroatoms.